The molecule has 1 unspecified atom stereocenters. The molecule has 2 aromatic rings. The number of guanidine groups is 1. The SMILES string of the molecule is CN=C(NCC(c1cccc(F)c1)N1CCOCC1)N(C)Cc1cccn1C.I. The molecular formula is C21H31FIN5O. The zero-order valence-electron chi connectivity index (χ0n) is 17.3. The molecule has 0 spiro atoms. The highest BCUT2D eigenvalue weighted by Gasteiger charge is 2.23. The number of aryl methyl sites for hydroxylation is 1. The standard InChI is InChI=1S/C21H30FN5O.HI/c1-23-21(26(3)16-19-8-5-9-25(19)2)24-15-20(27-10-12-28-13-11-27)17-6-4-7-18(22)14-17;/h4-9,14,20H,10-13,15-16H2,1-3H3,(H,23,24);1H. The summed E-state index contributed by atoms with van der Waals surface area (Å²) in [5, 5.41) is 3.48. The van der Waals surface area contributed by atoms with Crippen LogP contribution in [0, 0.1) is 5.82 Å². The van der Waals surface area contributed by atoms with Crippen LogP contribution >= 0.6 is 24.0 Å². The highest BCUT2D eigenvalue weighted by molar-refractivity contribution is 14.0. The van der Waals surface area contributed by atoms with Gasteiger partial charge in [-0.2, -0.15) is 0 Å². The summed E-state index contributed by atoms with van der Waals surface area (Å²) in [5.41, 5.74) is 2.18. The molecule has 1 aromatic carbocycles. The largest absolute Gasteiger partial charge is 0.379 e. The molecule has 1 saturated heterocycles. The fourth-order valence-corrected chi connectivity index (χ4v) is 3.61. The number of hydrogen-bond donors (Lipinski definition) is 1. The Morgan fingerprint density at radius 2 is 2.03 bits per heavy atom. The predicted octanol–water partition coefficient (Wildman–Crippen LogP) is 2.86. The molecule has 29 heavy (non-hydrogen) atoms. The van der Waals surface area contributed by atoms with Crippen LogP contribution in [-0.4, -0.2) is 67.3 Å². The Labute approximate surface area is 189 Å². The van der Waals surface area contributed by atoms with Gasteiger partial charge in [-0.15, -0.1) is 24.0 Å². The molecule has 6 nitrogen and oxygen atoms in total. The summed E-state index contributed by atoms with van der Waals surface area (Å²) in [5.74, 6) is 0.608. The first kappa shape index (κ1) is 23.6. The van der Waals surface area contributed by atoms with Crippen molar-refractivity contribution in [1.82, 2.24) is 19.7 Å². The molecule has 8 heteroatoms. The molecule has 0 bridgehead atoms. The van der Waals surface area contributed by atoms with Crippen LogP contribution in [0.3, 0.4) is 0 Å². The molecule has 1 aromatic heterocycles. The van der Waals surface area contributed by atoms with E-state index in [-0.39, 0.29) is 35.8 Å². The Balaban J connectivity index is 0.00000300. The van der Waals surface area contributed by atoms with E-state index in [0.29, 0.717) is 19.8 Å². The van der Waals surface area contributed by atoms with Crippen LogP contribution in [-0.2, 0) is 18.3 Å². The van der Waals surface area contributed by atoms with Gasteiger partial charge in [0.25, 0.3) is 0 Å². The van der Waals surface area contributed by atoms with Gasteiger partial charge in [-0.1, -0.05) is 12.1 Å². The van der Waals surface area contributed by atoms with Gasteiger partial charge in [0.1, 0.15) is 5.82 Å². The van der Waals surface area contributed by atoms with Crippen molar-refractivity contribution in [3.63, 3.8) is 0 Å². The van der Waals surface area contributed by atoms with Crippen molar-refractivity contribution in [2.75, 3.05) is 46.9 Å². The van der Waals surface area contributed by atoms with E-state index in [2.05, 4.69) is 30.7 Å². The van der Waals surface area contributed by atoms with Gasteiger partial charge in [0, 0.05) is 52.7 Å². The monoisotopic (exact) mass is 515 g/mol. The minimum Gasteiger partial charge on any atom is -0.379 e. The molecular weight excluding hydrogens is 484 g/mol. The third-order valence-corrected chi connectivity index (χ3v) is 5.20. The summed E-state index contributed by atoms with van der Waals surface area (Å²) in [7, 11) is 5.85. The van der Waals surface area contributed by atoms with Crippen molar-refractivity contribution in [1.29, 1.82) is 0 Å². The van der Waals surface area contributed by atoms with Gasteiger partial charge in [0.15, 0.2) is 5.96 Å². The maximum absolute atomic E-state index is 13.8. The molecule has 0 radical (unpaired) electrons. The highest BCUT2D eigenvalue weighted by Crippen LogP contribution is 2.22. The number of hydrogen-bond acceptors (Lipinski definition) is 3. The fraction of sp³-hybridized carbons (Fsp3) is 0.476. The first-order valence-electron chi connectivity index (χ1n) is 9.67. The summed E-state index contributed by atoms with van der Waals surface area (Å²) in [6.45, 7) is 4.47. The predicted molar refractivity (Wildman–Crippen MR) is 125 cm³/mol. The highest BCUT2D eigenvalue weighted by atomic mass is 127. The van der Waals surface area contributed by atoms with Crippen LogP contribution < -0.4 is 5.32 Å². The quantitative estimate of drug-likeness (QED) is 0.365. The van der Waals surface area contributed by atoms with E-state index in [4.69, 9.17) is 4.74 Å². The Hall–Kier alpha value is -1.65. The van der Waals surface area contributed by atoms with Gasteiger partial charge in [-0.05, 0) is 29.8 Å². The normalized spacial score (nSPS) is 16.2. The second-order valence-corrected chi connectivity index (χ2v) is 7.11. The molecule has 1 fully saturated rings. The number of aliphatic imine (C=N–C) groups is 1. The number of benzene rings is 1. The van der Waals surface area contributed by atoms with Crippen LogP contribution in [0.25, 0.3) is 0 Å². The molecule has 1 N–H and O–H groups in total. The van der Waals surface area contributed by atoms with Crippen LogP contribution in [0.2, 0.25) is 0 Å². The third kappa shape index (κ3) is 6.42. The van der Waals surface area contributed by atoms with Gasteiger partial charge >= 0.3 is 0 Å². The van der Waals surface area contributed by atoms with Gasteiger partial charge in [-0.25, -0.2) is 4.39 Å². The maximum atomic E-state index is 13.8. The molecule has 160 valence electrons. The number of nitrogens with zero attached hydrogens (tertiary/aromatic N) is 4. The second kappa shape index (κ2) is 11.5. The Bertz CT molecular complexity index is 791. The van der Waals surface area contributed by atoms with Crippen molar-refractivity contribution >= 4 is 29.9 Å². The Morgan fingerprint density at radius 3 is 2.66 bits per heavy atom. The topological polar surface area (TPSA) is 45.0 Å². The lowest BCUT2D eigenvalue weighted by Gasteiger charge is -2.35. The lowest BCUT2D eigenvalue weighted by Crippen LogP contribution is -2.46. The summed E-state index contributed by atoms with van der Waals surface area (Å²) in [4.78, 5) is 8.87. The average molecular weight is 515 g/mol. The van der Waals surface area contributed by atoms with Gasteiger partial charge in [-0.3, -0.25) is 9.89 Å². The molecule has 3 rings (SSSR count). The third-order valence-electron chi connectivity index (χ3n) is 5.20. The van der Waals surface area contributed by atoms with E-state index < -0.39 is 0 Å². The molecule has 1 aliphatic heterocycles. The van der Waals surface area contributed by atoms with Crippen LogP contribution in [0.4, 0.5) is 4.39 Å². The Kier molecular flexibility index (Phi) is 9.38. The number of halogens is 2. The molecule has 1 atom stereocenters. The molecule has 0 aliphatic carbocycles. The zero-order valence-corrected chi connectivity index (χ0v) is 19.7. The first-order valence-corrected chi connectivity index (χ1v) is 9.67. The smallest absolute Gasteiger partial charge is 0.193 e. The zero-order chi connectivity index (χ0) is 19.9. The summed E-state index contributed by atoms with van der Waals surface area (Å²) >= 11 is 0. The van der Waals surface area contributed by atoms with E-state index >= 15 is 0 Å². The molecule has 1 aliphatic rings. The van der Waals surface area contributed by atoms with Crippen LogP contribution in [0.15, 0.2) is 47.6 Å². The molecule has 0 amide bonds. The van der Waals surface area contributed by atoms with Crippen molar-refractivity contribution < 1.29 is 9.13 Å². The molecule has 0 saturated carbocycles. The van der Waals surface area contributed by atoms with Crippen LogP contribution in [0.1, 0.15) is 17.3 Å². The van der Waals surface area contributed by atoms with Gasteiger partial charge < -0.3 is 19.5 Å². The maximum Gasteiger partial charge on any atom is 0.193 e. The summed E-state index contributed by atoms with van der Waals surface area (Å²) < 4.78 is 21.4. The van der Waals surface area contributed by atoms with Crippen molar-refractivity contribution in [2.45, 2.75) is 12.6 Å². The van der Waals surface area contributed by atoms with E-state index in [1.807, 2.05) is 32.4 Å². The summed E-state index contributed by atoms with van der Waals surface area (Å²) in [6, 6.07) is 11.1. The van der Waals surface area contributed by atoms with Gasteiger partial charge in [0.05, 0.1) is 25.8 Å². The number of ether oxygens (including phenoxy) is 1. The lowest BCUT2D eigenvalue weighted by atomic mass is 10.0. The molecule has 2 heterocycles. The van der Waals surface area contributed by atoms with Crippen LogP contribution in [0.5, 0.6) is 0 Å². The van der Waals surface area contributed by atoms with Crippen molar-refractivity contribution in [2.24, 2.45) is 12.0 Å². The Morgan fingerprint density at radius 1 is 1.28 bits per heavy atom. The van der Waals surface area contributed by atoms with Gasteiger partial charge in [0.2, 0.25) is 0 Å². The summed E-state index contributed by atoms with van der Waals surface area (Å²) in [6.07, 6.45) is 2.04. The van der Waals surface area contributed by atoms with E-state index in [1.54, 1.807) is 19.2 Å². The fourth-order valence-electron chi connectivity index (χ4n) is 3.61. The first-order chi connectivity index (χ1) is 13.6. The number of nitrogens with one attached hydrogen (secondary N) is 1. The van der Waals surface area contributed by atoms with E-state index in [9.17, 15) is 4.39 Å². The van der Waals surface area contributed by atoms with Crippen molar-refractivity contribution in [3.05, 3.63) is 59.7 Å². The number of aromatic nitrogens is 1. The minimum atomic E-state index is -0.207. The van der Waals surface area contributed by atoms with Crippen molar-refractivity contribution in [3.8, 4) is 0 Å². The van der Waals surface area contributed by atoms with E-state index in [0.717, 1.165) is 31.2 Å². The number of morpholine rings is 1. The second-order valence-electron chi connectivity index (χ2n) is 7.11. The minimum absolute atomic E-state index is 0. The lowest BCUT2D eigenvalue weighted by molar-refractivity contribution is 0.0168. The average Bonchev–Trinajstić information content (AvgIpc) is 3.10. The van der Waals surface area contributed by atoms with E-state index in [1.165, 1.54) is 11.8 Å². The number of rotatable bonds is 6.